The Bertz CT molecular complexity index is 1280. The molecule has 0 saturated carbocycles. The predicted molar refractivity (Wildman–Crippen MR) is 123 cm³/mol. The van der Waals surface area contributed by atoms with E-state index in [2.05, 4.69) is 20.4 Å². The summed E-state index contributed by atoms with van der Waals surface area (Å²) < 4.78 is 46.7. The molecule has 4 rings (SSSR count). The second kappa shape index (κ2) is 10.4. The Morgan fingerprint density at radius 1 is 1.17 bits per heavy atom. The molecule has 12 heteroatoms. The number of halogens is 4. The number of imidazole rings is 1. The number of ether oxygens (including phenoxy) is 1. The minimum atomic E-state index is -1.35. The molecule has 8 nitrogen and oxygen atoms in total. The molecule has 0 bridgehead atoms. The van der Waals surface area contributed by atoms with Gasteiger partial charge in [0.2, 0.25) is 12.7 Å². The van der Waals surface area contributed by atoms with Crippen molar-refractivity contribution >= 4 is 29.1 Å². The number of anilines is 1. The Labute approximate surface area is 203 Å². The van der Waals surface area contributed by atoms with Crippen LogP contribution in [-0.2, 0) is 7.05 Å². The molecule has 2 heterocycles. The summed E-state index contributed by atoms with van der Waals surface area (Å²) in [5.74, 6) is -4.08. The molecule has 0 unspecified atom stereocenters. The molecule has 1 aliphatic rings. The zero-order valence-corrected chi connectivity index (χ0v) is 19.3. The normalized spacial score (nSPS) is 13.6. The fourth-order valence-corrected chi connectivity index (χ4v) is 4.02. The summed E-state index contributed by atoms with van der Waals surface area (Å²) in [7, 11) is 1.46. The summed E-state index contributed by atoms with van der Waals surface area (Å²) >= 11 is 6.31. The minimum absolute atomic E-state index is 0.0824. The van der Waals surface area contributed by atoms with Crippen LogP contribution in [0.4, 0.5) is 18.9 Å². The molecule has 3 aromatic rings. The van der Waals surface area contributed by atoms with Gasteiger partial charge in [-0.2, -0.15) is 4.39 Å². The summed E-state index contributed by atoms with van der Waals surface area (Å²) in [4.78, 5) is 31.2. The van der Waals surface area contributed by atoms with E-state index in [1.165, 1.54) is 36.0 Å². The molecule has 1 aromatic heterocycles. The molecule has 35 heavy (non-hydrogen) atoms. The van der Waals surface area contributed by atoms with Gasteiger partial charge in [0.1, 0.15) is 0 Å². The third-order valence-corrected chi connectivity index (χ3v) is 5.90. The van der Waals surface area contributed by atoms with E-state index < -0.39 is 30.2 Å². The third kappa shape index (κ3) is 4.96. The minimum Gasteiger partial charge on any atom is -0.460 e. The fraction of sp³-hybridized carbons (Fsp3) is 0.261. The van der Waals surface area contributed by atoms with E-state index in [-0.39, 0.29) is 28.0 Å². The van der Waals surface area contributed by atoms with Crippen molar-refractivity contribution in [2.24, 2.45) is 7.05 Å². The van der Waals surface area contributed by atoms with Gasteiger partial charge in [-0.3, -0.25) is 9.59 Å². The molecule has 2 N–H and O–H groups in total. The maximum atomic E-state index is 14.5. The zero-order valence-electron chi connectivity index (χ0n) is 18.6. The quantitative estimate of drug-likeness (QED) is 0.532. The van der Waals surface area contributed by atoms with Crippen LogP contribution in [0, 0.1) is 11.6 Å². The van der Waals surface area contributed by atoms with Gasteiger partial charge in [-0.15, -0.1) is 0 Å². The van der Waals surface area contributed by atoms with E-state index in [1.807, 2.05) is 0 Å². The van der Waals surface area contributed by atoms with E-state index >= 15 is 0 Å². The summed E-state index contributed by atoms with van der Waals surface area (Å²) in [5.41, 5.74) is 0.588. The molecule has 1 saturated heterocycles. The van der Waals surface area contributed by atoms with Gasteiger partial charge >= 0.3 is 0 Å². The van der Waals surface area contributed by atoms with Crippen molar-refractivity contribution in [2.45, 2.75) is 0 Å². The van der Waals surface area contributed by atoms with Crippen LogP contribution >= 0.6 is 11.6 Å². The summed E-state index contributed by atoms with van der Waals surface area (Å²) in [6.45, 7) is 1.25. The average molecular weight is 508 g/mol. The monoisotopic (exact) mass is 507 g/mol. The zero-order chi connectivity index (χ0) is 25.1. The summed E-state index contributed by atoms with van der Waals surface area (Å²) in [6.07, 6.45) is 1.21. The van der Waals surface area contributed by atoms with Gasteiger partial charge in [0.25, 0.3) is 11.8 Å². The Morgan fingerprint density at radius 3 is 2.60 bits per heavy atom. The number of benzene rings is 2. The Kier molecular flexibility index (Phi) is 7.27. The first-order valence-electron chi connectivity index (χ1n) is 10.6. The lowest BCUT2D eigenvalue weighted by Crippen LogP contribution is -2.46. The Hall–Kier alpha value is -3.57. The van der Waals surface area contributed by atoms with E-state index in [9.17, 15) is 22.8 Å². The molecule has 0 radical (unpaired) electrons. The van der Waals surface area contributed by atoms with Crippen LogP contribution in [-0.4, -0.2) is 59.3 Å². The number of nitrogens with zero attached hydrogens (tertiary/aromatic N) is 3. The van der Waals surface area contributed by atoms with Crippen LogP contribution in [0.25, 0.3) is 11.3 Å². The Morgan fingerprint density at radius 2 is 1.91 bits per heavy atom. The number of alkyl halides is 1. The van der Waals surface area contributed by atoms with Gasteiger partial charge in [0, 0.05) is 44.5 Å². The van der Waals surface area contributed by atoms with Crippen LogP contribution in [0.1, 0.15) is 21.0 Å². The first kappa shape index (κ1) is 24.6. The van der Waals surface area contributed by atoms with Crippen molar-refractivity contribution in [1.29, 1.82) is 0 Å². The molecule has 184 valence electrons. The summed E-state index contributed by atoms with van der Waals surface area (Å²) in [5, 5.41) is 5.98. The van der Waals surface area contributed by atoms with Gasteiger partial charge in [-0.1, -0.05) is 11.6 Å². The Balaban J connectivity index is 1.52. The second-order valence-electron chi connectivity index (χ2n) is 7.71. The van der Waals surface area contributed by atoms with Crippen molar-refractivity contribution in [3.63, 3.8) is 0 Å². The molecular formula is C23H21ClF3N5O3. The van der Waals surface area contributed by atoms with Crippen molar-refractivity contribution in [1.82, 2.24) is 19.8 Å². The number of nitrogens with one attached hydrogen (secondary N) is 2. The molecule has 0 atom stereocenters. The highest BCUT2D eigenvalue weighted by Crippen LogP contribution is 2.30. The van der Waals surface area contributed by atoms with Crippen molar-refractivity contribution in [2.75, 3.05) is 38.4 Å². The number of amides is 2. The SMILES string of the molecule is Cn1c(-c2ccc(OCF)c(F)c2F)cnc1C(=O)Nc1ccc(C(=O)N2CCNCC2)c(Cl)c1. The van der Waals surface area contributed by atoms with E-state index in [1.54, 1.807) is 11.0 Å². The summed E-state index contributed by atoms with van der Waals surface area (Å²) in [6, 6.07) is 6.83. The molecule has 0 aliphatic carbocycles. The van der Waals surface area contributed by atoms with Gasteiger partial charge in [-0.25, -0.2) is 13.8 Å². The van der Waals surface area contributed by atoms with Crippen LogP contribution in [0.3, 0.4) is 0 Å². The van der Waals surface area contributed by atoms with Crippen LogP contribution in [0.2, 0.25) is 5.02 Å². The van der Waals surface area contributed by atoms with Gasteiger partial charge in [-0.05, 0) is 30.3 Å². The largest absolute Gasteiger partial charge is 0.460 e. The van der Waals surface area contributed by atoms with Crippen LogP contribution < -0.4 is 15.4 Å². The van der Waals surface area contributed by atoms with Crippen LogP contribution in [0.15, 0.2) is 36.5 Å². The third-order valence-electron chi connectivity index (χ3n) is 5.59. The number of carbonyl (C=O) groups is 2. The van der Waals surface area contributed by atoms with E-state index in [0.29, 0.717) is 37.4 Å². The number of hydrogen-bond acceptors (Lipinski definition) is 5. The molecule has 1 fully saturated rings. The standard InChI is InChI=1S/C23H21ClF3N5O3/c1-31-17(15-4-5-18(35-12-25)20(27)19(15)26)11-29-21(31)22(33)30-13-2-3-14(16(24)10-13)23(34)32-8-6-28-7-9-32/h2-5,10-11,28H,6-9,12H2,1H3,(H,30,33). The molecule has 2 amide bonds. The van der Waals surface area contributed by atoms with Crippen LogP contribution in [0.5, 0.6) is 5.75 Å². The maximum Gasteiger partial charge on any atom is 0.291 e. The average Bonchev–Trinajstić information content (AvgIpc) is 3.23. The second-order valence-corrected chi connectivity index (χ2v) is 8.12. The number of piperazine rings is 1. The maximum absolute atomic E-state index is 14.5. The van der Waals surface area contributed by atoms with Gasteiger partial charge < -0.3 is 24.8 Å². The van der Waals surface area contributed by atoms with E-state index in [0.717, 1.165) is 6.07 Å². The first-order chi connectivity index (χ1) is 16.8. The fourth-order valence-electron chi connectivity index (χ4n) is 3.76. The topological polar surface area (TPSA) is 88.5 Å². The molecule has 1 aliphatic heterocycles. The lowest BCUT2D eigenvalue weighted by molar-refractivity contribution is 0.0736. The highest BCUT2D eigenvalue weighted by atomic mass is 35.5. The number of aromatic nitrogens is 2. The lowest BCUT2D eigenvalue weighted by Gasteiger charge is -2.27. The lowest BCUT2D eigenvalue weighted by atomic mass is 10.1. The number of carbonyl (C=O) groups excluding carboxylic acids is 2. The molecule has 2 aromatic carbocycles. The molecule has 0 spiro atoms. The van der Waals surface area contributed by atoms with Crippen molar-refractivity contribution in [3.8, 4) is 17.0 Å². The number of hydrogen-bond donors (Lipinski definition) is 2. The predicted octanol–water partition coefficient (Wildman–Crippen LogP) is 3.62. The molecular weight excluding hydrogens is 487 g/mol. The van der Waals surface area contributed by atoms with Crippen molar-refractivity contribution < 1.29 is 27.5 Å². The first-order valence-corrected chi connectivity index (χ1v) is 11.0. The highest BCUT2D eigenvalue weighted by Gasteiger charge is 2.23. The van der Waals surface area contributed by atoms with E-state index in [4.69, 9.17) is 11.6 Å². The number of rotatable bonds is 6. The van der Waals surface area contributed by atoms with Gasteiger partial charge in [0.05, 0.1) is 22.5 Å². The van der Waals surface area contributed by atoms with Gasteiger partial charge in [0.15, 0.2) is 17.4 Å². The highest BCUT2D eigenvalue weighted by molar-refractivity contribution is 6.34. The van der Waals surface area contributed by atoms with Crippen molar-refractivity contribution in [3.05, 3.63) is 64.6 Å². The smallest absolute Gasteiger partial charge is 0.291 e.